The molecular weight excluding hydrogens is 242 g/mol. The average molecular weight is 261 g/mol. The van der Waals surface area contributed by atoms with Crippen LogP contribution in [0.1, 0.15) is 26.3 Å². The van der Waals surface area contributed by atoms with E-state index in [1.54, 1.807) is 33.2 Å². The van der Waals surface area contributed by atoms with E-state index in [1.807, 2.05) is 12.1 Å². The van der Waals surface area contributed by atoms with Gasteiger partial charge in [-0.05, 0) is 44.0 Å². The van der Waals surface area contributed by atoms with Crippen LogP contribution >= 0.6 is 0 Å². The largest absolute Gasteiger partial charge is 0.444 e. The first-order valence-electron chi connectivity index (χ1n) is 5.98. The lowest BCUT2D eigenvalue weighted by atomic mass is 10.1. The van der Waals surface area contributed by atoms with Crippen molar-refractivity contribution >= 4 is 12.3 Å². The van der Waals surface area contributed by atoms with Gasteiger partial charge in [0, 0.05) is 31.2 Å². The molecular formula is C14H19N3O2. The molecule has 1 amide bonds. The molecule has 0 fully saturated rings. The Morgan fingerprint density at radius 3 is 2.58 bits per heavy atom. The molecule has 0 aliphatic heterocycles. The van der Waals surface area contributed by atoms with Gasteiger partial charge in [-0.25, -0.2) is 4.79 Å². The second-order valence-corrected chi connectivity index (χ2v) is 5.04. The van der Waals surface area contributed by atoms with Crippen molar-refractivity contribution in [2.24, 2.45) is 0 Å². The maximum Gasteiger partial charge on any atom is 0.411 e. The third kappa shape index (κ3) is 6.35. The molecule has 0 aliphatic rings. The molecule has 0 spiro atoms. The fourth-order valence-corrected chi connectivity index (χ4v) is 1.34. The zero-order valence-electron chi connectivity index (χ0n) is 11.4. The van der Waals surface area contributed by atoms with Crippen molar-refractivity contribution < 1.29 is 9.53 Å². The Bertz CT molecular complexity index is 461. The molecule has 5 nitrogen and oxygen atoms in total. The summed E-state index contributed by atoms with van der Waals surface area (Å²) in [6.45, 7) is 5.39. The topological polar surface area (TPSA) is 75.1 Å². The Labute approximate surface area is 113 Å². The molecule has 2 N–H and O–H groups in total. The van der Waals surface area contributed by atoms with Crippen molar-refractivity contribution in [2.75, 3.05) is 0 Å². The molecule has 0 bridgehead atoms. The number of rotatable bonds is 4. The number of ether oxygens (including phenoxy) is 1. The average Bonchev–Trinajstić information content (AvgIpc) is 2.33. The number of nitrogens with zero attached hydrogens (tertiary/aromatic N) is 1. The van der Waals surface area contributed by atoms with E-state index >= 15 is 0 Å². The van der Waals surface area contributed by atoms with Gasteiger partial charge in [0.2, 0.25) is 0 Å². The lowest BCUT2D eigenvalue weighted by molar-refractivity contribution is 0.0552. The lowest BCUT2D eigenvalue weighted by Gasteiger charge is -2.18. The van der Waals surface area contributed by atoms with Crippen LogP contribution in [0.4, 0.5) is 4.79 Å². The van der Waals surface area contributed by atoms with Gasteiger partial charge in [-0.3, -0.25) is 10.3 Å². The number of nitrogens with one attached hydrogen (secondary N) is 2. The van der Waals surface area contributed by atoms with E-state index in [9.17, 15) is 4.79 Å². The number of alkyl carbamates (subject to hydrolysis) is 1. The highest BCUT2D eigenvalue weighted by Crippen LogP contribution is 2.07. The molecule has 0 saturated carbocycles. The fourth-order valence-electron chi connectivity index (χ4n) is 1.34. The predicted octanol–water partition coefficient (Wildman–Crippen LogP) is 2.68. The summed E-state index contributed by atoms with van der Waals surface area (Å²) in [7, 11) is 0. The molecule has 102 valence electrons. The molecule has 0 aliphatic carbocycles. The highest BCUT2D eigenvalue weighted by Gasteiger charge is 2.15. The lowest BCUT2D eigenvalue weighted by Crippen LogP contribution is -2.30. The number of amides is 1. The SMILES string of the molecule is CC(C)(C)OC(=O)N/C=C(\C=N)Cc1ccncc1. The van der Waals surface area contributed by atoms with Gasteiger partial charge in [0.15, 0.2) is 0 Å². The van der Waals surface area contributed by atoms with Gasteiger partial charge >= 0.3 is 6.09 Å². The summed E-state index contributed by atoms with van der Waals surface area (Å²) in [5, 5.41) is 9.85. The highest BCUT2D eigenvalue weighted by molar-refractivity contribution is 5.78. The molecule has 0 unspecified atom stereocenters. The van der Waals surface area contributed by atoms with E-state index in [-0.39, 0.29) is 0 Å². The number of hydrogen-bond donors (Lipinski definition) is 2. The molecule has 0 aromatic carbocycles. The van der Waals surface area contributed by atoms with Crippen molar-refractivity contribution in [1.82, 2.24) is 10.3 Å². The molecule has 19 heavy (non-hydrogen) atoms. The maximum atomic E-state index is 11.5. The van der Waals surface area contributed by atoms with Crippen molar-refractivity contribution in [3.05, 3.63) is 41.9 Å². The summed E-state index contributed by atoms with van der Waals surface area (Å²) in [6.07, 6.45) is 6.11. The first kappa shape index (κ1) is 14.9. The van der Waals surface area contributed by atoms with Crippen molar-refractivity contribution in [3.8, 4) is 0 Å². The monoisotopic (exact) mass is 261 g/mol. The number of carbonyl (C=O) groups is 1. The van der Waals surface area contributed by atoms with Crippen molar-refractivity contribution in [3.63, 3.8) is 0 Å². The van der Waals surface area contributed by atoms with Crippen LogP contribution in [-0.2, 0) is 11.2 Å². The zero-order valence-corrected chi connectivity index (χ0v) is 11.4. The van der Waals surface area contributed by atoms with Gasteiger partial charge < -0.3 is 10.1 Å². The number of allylic oxidation sites excluding steroid dienone is 1. The zero-order chi connectivity index (χ0) is 14.3. The number of hydrogen-bond acceptors (Lipinski definition) is 4. The minimum absolute atomic E-state index is 0.526. The van der Waals surface area contributed by atoms with Gasteiger partial charge in [0.05, 0.1) is 0 Å². The molecule has 0 radical (unpaired) electrons. The van der Waals surface area contributed by atoms with Crippen LogP contribution in [0.5, 0.6) is 0 Å². The summed E-state index contributed by atoms with van der Waals surface area (Å²) in [4.78, 5) is 15.4. The van der Waals surface area contributed by atoms with Gasteiger partial charge in [0.1, 0.15) is 5.60 Å². The van der Waals surface area contributed by atoms with Crippen LogP contribution < -0.4 is 5.32 Å². The molecule has 1 heterocycles. The molecule has 1 aromatic rings. The maximum absolute atomic E-state index is 11.5. The van der Waals surface area contributed by atoms with Crippen LogP contribution in [0, 0.1) is 5.41 Å². The van der Waals surface area contributed by atoms with E-state index in [0.29, 0.717) is 12.0 Å². The van der Waals surface area contributed by atoms with E-state index in [0.717, 1.165) is 5.56 Å². The number of carbonyl (C=O) groups excluding carboxylic acids is 1. The Morgan fingerprint density at radius 1 is 1.42 bits per heavy atom. The van der Waals surface area contributed by atoms with Crippen molar-refractivity contribution in [1.29, 1.82) is 5.41 Å². The Morgan fingerprint density at radius 2 is 2.05 bits per heavy atom. The first-order valence-corrected chi connectivity index (χ1v) is 5.98. The van der Waals surface area contributed by atoms with E-state index < -0.39 is 11.7 Å². The molecule has 1 aromatic heterocycles. The minimum atomic E-state index is -0.534. The van der Waals surface area contributed by atoms with Crippen LogP contribution in [0.3, 0.4) is 0 Å². The standard InChI is InChI=1S/C14H19N3O2/c1-14(2,3)19-13(18)17-10-12(9-15)8-11-4-6-16-7-5-11/h4-7,9-10,15H,8H2,1-3H3,(H,17,18)/b12-10-,15-9?. The van der Waals surface area contributed by atoms with Gasteiger partial charge in [-0.15, -0.1) is 0 Å². The van der Waals surface area contributed by atoms with Crippen LogP contribution in [0.15, 0.2) is 36.3 Å². The Hall–Kier alpha value is -2.17. The Kier molecular flexibility index (Phi) is 5.23. The molecule has 0 saturated heterocycles. The first-order chi connectivity index (χ1) is 8.90. The predicted molar refractivity (Wildman–Crippen MR) is 74.2 cm³/mol. The Balaban J connectivity index is 2.58. The van der Waals surface area contributed by atoms with E-state index in [4.69, 9.17) is 10.1 Å². The highest BCUT2D eigenvalue weighted by atomic mass is 16.6. The van der Waals surface area contributed by atoms with Crippen LogP contribution in [0.2, 0.25) is 0 Å². The molecule has 0 atom stereocenters. The normalized spacial score (nSPS) is 11.8. The smallest absolute Gasteiger partial charge is 0.411 e. The summed E-state index contributed by atoms with van der Waals surface area (Å²) in [6, 6.07) is 3.73. The van der Waals surface area contributed by atoms with Gasteiger partial charge in [-0.1, -0.05) is 0 Å². The van der Waals surface area contributed by atoms with Crippen LogP contribution in [-0.4, -0.2) is 22.9 Å². The summed E-state index contributed by atoms with van der Waals surface area (Å²) < 4.78 is 5.10. The minimum Gasteiger partial charge on any atom is -0.444 e. The molecule has 5 heteroatoms. The van der Waals surface area contributed by atoms with E-state index in [1.165, 1.54) is 12.4 Å². The third-order valence-corrected chi connectivity index (χ3v) is 2.12. The number of aromatic nitrogens is 1. The summed E-state index contributed by atoms with van der Waals surface area (Å²) >= 11 is 0. The summed E-state index contributed by atoms with van der Waals surface area (Å²) in [5.41, 5.74) is 1.17. The molecule has 1 rings (SSSR count). The van der Waals surface area contributed by atoms with Gasteiger partial charge in [-0.2, -0.15) is 0 Å². The van der Waals surface area contributed by atoms with Gasteiger partial charge in [0.25, 0.3) is 0 Å². The second kappa shape index (κ2) is 6.68. The second-order valence-electron chi connectivity index (χ2n) is 5.04. The van der Waals surface area contributed by atoms with E-state index in [2.05, 4.69) is 10.3 Å². The fraction of sp³-hybridized carbons (Fsp3) is 0.357. The summed E-state index contributed by atoms with van der Waals surface area (Å²) in [5.74, 6) is 0. The third-order valence-electron chi connectivity index (χ3n) is 2.12. The van der Waals surface area contributed by atoms with Crippen molar-refractivity contribution in [2.45, 2.75) is 32.8 Å². The van der Waals surface area contributed by atoms with Crippen LogP contribution in [0.25, 0.3) is 0 Å². The quantitative estimate of drug-likeness (QED) is 0.818. The number of pyridine rings is 1.